The number of non-ortho nitro benzene ring substituents is 1. The second kappa shape index (κ2) is 5.85. The van der Waals surface area contributed by atoms with Crippen LogP contribution in [0.3, 0.4) is 0 Å². The zero-order chi connectivity index (χ0) is 14.8. The highest BCUT2D eigenvalue weighted by Gasteiger charge is 2.39. The summed E-state index contributed by atoms with van der Waals surface area (Å²) in [7, 11) is 0. The summed E-state index contributed by atoms with van der Waals surface area (Å²) in [5.74, 6) is -0.805. The molecule has 0 aliphatic carbocycles. The molecule has 0 fully saturated rings. The van der Waals surface area contributed by atoms with E-state index in [0.29, 0.717) is 10.0 Å². The van der Waals surface area contributed by atoms with Crippen molar-refractivity contribution in [1.29, 1.82) is 0 Å². The van der Waals surface area contributed by atoms with Crippen LogP contribution in [0.25, 0.3) is 0 Å². The van der Waals surface area contributed by atoms with Gasteiger partial charge in [0.15, 0.2) is 0 Å². The average molecular weight is 352 g/mol. The number of carbonyl (C=O) groups is 1. The van der Waals surface area contributed by atoms with Gasteiger partial charge >= 0.3 is 0 Å². The molecule has 8 heteroatoms. The molecule has 0 aliphatic rings. The van der Waals surface area contributed by atoms with E-state index in [1.165, 1.54) is 19.1 Å². The minimum absolute atomic E-state index is 0.169. The molecule has 0 spiro atoms. The van der Waals surface area contributed by atoms with Crippen LogP contribution in [0.15, 0.2) is 22.7 Å². The first-order valence-electron chi connectivity index (χ1n) is 5.22. The zero-order valence-corrected chi connectivity index (χ0v) is 12.3. The van der Waals surface area contributed by atoms with Crippen molar-refractivity contribution in [3.05, 3.63) is 38.3 Å². The van der Waals surface area contributed by atoms with Gasteiger partial charge in [0.1, 0.15) is 5.38 Å². The summed E-state index contributed by atoms with van der Waals surface area (Å²) < 4.78 is 0.449. The van der Waals surface area contributed by atoms with Crippen molar-refractivity contribution in [1.82, 2.24) is 0 Å². The Kier molecular flexibility index (Phi) is 4.89. The number of nitro groups is 1. The smallest absolute Gasteiger partial charge is 0.270 e. The molecule has 1 amide bonds. The van der Waals surface area contributed by atoms with E-state index in [0.717, 1.165) is 0 Å². The number of amides is 1. The van der Waals surface area contributed by atoms with Gasteiger partial charge in [0, 0.05) is 22.0 Å². The summed E-state index contributed by atoms with van der Waals surface area (Å²) in [5.41, 5.74) is 4.12. The Labute approximate surface area is 122 Å². The van der Waals surface area contributed by atoms with Crippen LogP contribution in [-0.2, 0) is 10.2 Å². The van der Waals surface area contributed by atoms with E-state index in [4.69, 9.17) is 17.3 Å². The third-order valence-electron chi connectivity index (χ3n) is 2.89. The molecule has 0 bridgehead atoms. The van der Waals surface area contributed by atoms with Crippen LogP contribution in [0.5, 0.6) is 0 Å². The summed E-state index contributed by atoms with van der Waals surface area (Å²) in [4.78, 5) is 21.5. The summed E-state index contributed by atoms with van der Waals surface area (Å²) in [6, 6.07) is 4.13. The Bertz CT molecular complexity index is 525. The molecule has 1 aromatic rings. The largest absolute Gasteiger partial charge is 0.395 e. The van der Waals surface area contributed by atoms with Crippen LogP contribution in [0.4, 0.5) is 5.69 Å². The maximum atomic E-state index is 11.2. The van der Waals surface area contributed by atoms with Gasteiger partial charge in [-0.1, -0.05) is 22.9 Å². The number of primary amides is 1. The molecule has 0 heterocycles. The highest BCUT2D eigenvalue weighted by molar-refractivity contribution is 9.10. The van der Waals surface area contributed by atoms with Crippen molar-refractivity contribution in [2.45, 2.75) is 17.7 Å². The Morgan fingerprint density at radius 2 is 2.21 bits per heavy atom. The predicted octanol–water partition coefficient (Wildman–Crippen LogP) is 1.70. The average Bonchev–Trinajstić information content (AvgIpc) is 2.35. The molecular formula is C11H12BrClN2O4. The SMILES string of the molecule is C[C@](CO)(c1cc(Br)cc([N+](=O)[O-])c1)C(Cl)C(N)=O. The molecule has 0 saturated carbocycles. The summed E-state index contributed by atoms with van der Waals surface area (Å²) in [6.45, 7) is 1.04. The van der Waals surface area contributed by atoms with Crippen LogP contribution < -0.4 is 5.73 Å². The zero-order valence-electron chi connectivity index (χ0n) is 9.97. The highest BCUT2D eigenvalue weighted by Crippen LogP contribution is 2.35. The van der Waals surface area contributed by atoms with Crippen molar-refractivity contribution >= 4 is 39.1 Å². The topological polar surface area (TPSA) is 106 Å². The van der Waals surface area contributed by atoms with Crippen LogP contribution in [-0.4, -0.2) is 27.9 Å². The number of nitrogens with zero attached hydrogens (tertiary/aromatic N) is 1. The van der Waals surface area contributed by atoms with Crippen LogP contribution in [0.1, 0.15) is 12.5 Å². The molecule has 1 aromatic carbocycles. The van der Waals surface area contributed by atoms with Gasteiger partial charge in [-0.25, -0.2) is 0 Å². The first kappa shape index (κ1) is 15.9. The number of benzene rings is 1. The second-order valence-corrected chi connectivity index (χ2v) is 5.65. The van der Waals surface area contributed by atoms with Crippen molar-refractivity contribution < 1.29 is 14.8 Å². The normalized spacial score (nSPS) is 15.6. The van der Waals surface area contributed by atoms with E-state index in [9.17, 15) is 20.0 Å². The first-order chi connectivity index (χ1) is 8.72. The maximum absolute atomic E-state index is 11.2. The predicted molar refractivity (Wildman–Crippen MR) is 74.1 cm³/mol. The van der Waals surface area contributed by atoms with Gasteiger partial charge in [-0.2, -0.15) is 0 Å². The fourth-order valence-corrected chi connectivity index (χ4v) is 2.32. The van der Waals surface area contributed by atoms with Gasteiger partial charge in [0.05, 0.1) is 11.5 Å². The van der Waals surface area contributed by atoms with Crippen molar-refractivity contribution in [2.75, 3.05) is 6.61 Å². The Hall–Kier alpha value is -1.18. The van der Waals surface area contributed by atoms with Crippen LogP contribution in [0.2, 0.25) is 0 Å². The summed E-state index contributed by atoms with van der Waals surface area (Å²) >= 11 is 9.07. The van der Waals surface area contributed by atoms with Gasteiger partial charge in [-0.15, -0.1) is 11.6 Å². The van der Waals surface area contributed by atoms with Gasteiger partial charge in [0.25, 0.3) is 5.69 Å². The lowest BCUT2D eigenvalue weighted by Crippen LogP contribution is -2.44. The van der Waals surface area contributed by atoms with E-state index < -0.39 is 28.2 Å². The summed E-state index contributed by atoms with van der Waals surface area (Å²) in [6.07, 6.45) is 0. The molecule has 6 nitrogen and oxygen atoms in total. The van der Waals surface area contributed by atoms with Crippen molar-refractivity contribution in [3.63, 3.8) is 0 Å². The molecule has 0 radical (unpaired) electrons. The van der Waals surface area contributed by atoms with Gasteiger partial charge in [0.2, 0.25) is 5.91 Å². The lowest BCUT2D eigenvalue weighted by atomic mass is 9.79. The molecule has 19 heavy (non-hydrogen) atoms. The third kappa shape index (κ3) is 3.23. The van der Waals surface area contributed by atoms with Crippen molar-refractivity contribution in [2.24, 2.45) is 5.73 Å². The minimum atomic E-state index is -1.21. The monoisotopic (exact) mass is 350 g/mol. The molecule has 0 saturated heterocycles. The number of nitrogens with two attached hydrogens (primary N) is 1. The quantitative estimate of drug-likeness (QED) is 0.478. The molecule has 1 unspecified atom stereocenters. The maximum Gasteiger partial charge on any atom is 0.270 e. The number of halogens is 2. The van der Waals surface area contributed by atoms with Crippen LogP contribution >= 0.6 is 27.5 Å². The lowest BCUT2D eigenvalue weighted by Gasteiger charge is -2.30. The summed E-state index contributed by atoms with van der Waals surface area (Å²) in [5, 5.41) is 19.1. The molecule has 3 N–H and O–H groups in total. The molecule has 0 aliphatic heterocycles. The molecular weight excluding hydrogens is 339 g/mol. The number of hydrogen-bond acceptors (Lipinski definition) is 4. The van der Waals surface area contributed by atoms with Gasteiger partial charge < -0.3 is 10.8 Å². The first-order valence-corrected chi connectivity index (χ1v) is 6.45. The minimum Gasteiger partial charge on any atom is -0.395 e. The number of aliphatic hydroxyl groups is 1. The molecule has 1 rings (SSSR count). The Morgan fingerprint density at radius 3 is 2.63 bits per heavy atom. The number of alkyl halides is 1. The molecule has 104 valence electrons. The lowest BCUT2D eigenvalue weighted by molar-refractivity contribution is -0.385. The molecule has 2 atom stereocenters. The van der Waals surface area contributed by atoms with E-state index in [-0.39, 0.29) is 5.69 Å². The standard InChI is InChI=1S/C11H12BrClN2O4/c1-11(5-16,9(13)10(14)17)6-2-7(12)4-8(3-6)15(18)19/h2-4,9,16H,5H2,1H3,(H2,14,17)/t9?,11-/m0/s1. The fourth-order valence-electron chi connectivity index (χ4n) is 1.64. The Morgan fingerprint density at radius 1 is 1.63 bits per heavy atom. The van der Waals surface area contributed by atoms with Crippen LogP contribution in [0, 0.1) is 10.1 Å². The Balaban J connectivity index is 3.40. The van der Waals surface area contributed by atoms with Crippen molar-refractivity contribution in [3.8, 4) is 0 Å². The van der Waals surface area contributed by atoms with E-state index >= 15 is 0 Å². The number of nitro benzene ring substituents is 1. The molecule has 0 aromatic heterocycles. The number of hydrogen-bond donors (Lipinski definition) is 2. The number of carbonyl (C=O) groups excluding carboxylic acids is 1. The highest BCUT2D eigenvalue weighted by atomic mass is 79.9. The van der Waals surface area contributed by atoms with Gasteiger partial charge in [-0.05, 0) is 11.6 Å². The van der Waals surface area contributed by atoms with E-state index in [1.807, 2.05) is 0 Å². The third-order valence-corrected chi connectivity index (χ3v) is 4.05. The fraction of sp³-hybridized carbons (Fsp3) is 0.364. The van der Waals surface area contributed by atoms with E-state index in [1.54, 1.807) is 6.07 Å². The number of rotatable bonds is 5. The van der Waals surface area contributed by atoms with Gasteiger partial charge in [-0.3, -0.25) is 14.9 Å². The van der Waals surface area contributed by atoms with E-state index in [2.05, 4.69) is 15.9 Å². The second-order valence-electron chi connectivity index (χ2n) is 4.30. The number of aliphatic hydroxyl groups excluding tert-OH is 1.